The number of hydrogen-bond acceptors (Lipinski definition) is 5. The number of aromatic amines is 1. The van der Waals surface area contributed by atoms with E-state index in [0.29, 0.717) is 19.5 Å². The highest BCUT2D eigenvalue weighted by Crippen LogP contribution is 2.25. The van der Waals surface area contributed by atoms with Crippen LogP contribution < -0.4 is 5.32 Å². The van der Waals surface area contributed by atoms with Gasteiger partial charge in [-0.1, -0.05) is 5.16 Å². The molecule has 0 amide bonds. The van der Waals surface area contributed by atoms with Gasteiger partial charge in [0.05, 0.1) is 11.4 Å². The van der Waals surface area contributed by atoms with Crippen molar-refractivity contribution in [2.75, 3.05) is 13.1 Å². The molecule has 1 aliphatic rings. The first-order valence-corrected chi connectivity index (χ1v) is 8.46. The van der Waals surface area contributed by atoms with Crippen molar-refractivity contribution in [3.05, 3.63) is 34.0 Å². The quantitative estimate of drug-likeness (QED) is 0.848. The molecule has 6 nitrogen and oxygen atoms in total. The molecule has 0 radical (unpaired) electrons. The van der Waals surface area contributed by atoms with Crippen LogP contribution in [0.3, 0.4) is 0 Å². The normalized spacial score (nSPS) is 21.7. The number of hydrogen-bond donors (Lipinski definition) is 2. The smallest absolute Gasteiger partial charge is 0.138 e. The Morgan fingerprint density at radius 2 is 2.04 bits per heavy atom. The van der Waals surface area contributed by atoms with E-state index in [4.69, 9.17) is 4.52 Å². The first-order valence-electron chi connectivity index (χ1n) is 8.46. The summed E-state index contributed by atoms with van der Waals surface area (Å²) in [6, 6.07) is 0.182. The predicted molar refractivity (Wildman–Crippen MR) is 89.5 cm³/mol. The van der Waals surface area contributed by atoms with Crippen molar-refractivity contribution in [2.24, 2.45) is 0 Å². The van der Waals surface area contributed by atoms with Gasteiger partial charge in [0.1, 0.15) is 11.9 Å². The predicted octanol–water partition coefficient (Wildman–Crippen LogP) is 2.33. The second-order valence-electron chi connectivity index (χ2n) is 6.76. The zero-order valence-electron chi connectivity index (χ0n) is 14.8. The van der Waals surface area contributed by atoms with E-state index in [1.54, 1.807) is 0 Å². The number of likely N-dealkylation sites (tertiary alicyclic amines) is 1. The molecule has 2 aromatic heterocycles. The first kappa shape index (κ1) is 17.1. The third-order valence-electron chi connectivity index (χ3n) is 4.98. The van der Waals surface area contributed by atoms with Crippen molar-refractivity contribution < 1.29 is 8.91 Å². The molecule has 1 saturated heterocycles. The molecule has 0 spiro atoms. The molecule has 0 unspecified atom stereocenters. The molecule has 7 heteroatoms. The Balaban J connectivity index is 1.59. The molecule has 0 aromatic carbocycles. The average Bonchev–Trinajstić information content (AvgIpc) is 3.15. The monoisotopic (exact) mass is 335 g/mol. The molecular formula is C17H26FN5O. The number of H-pyrrole nitrogens is 1. The fourth-order valence-corrected chi connectivity index (χ4v) is 3.46. The lowest BCUT2D eigenvalue weighted by atomic mass is 10.1. The van der Waals surface area contributed by atoms with Gasteiger partial charge >= 0.3 is 0 Å². The van der Waals surface area contributed by atoms with Gasteiger partial charge in [0.25, 0.3) is 0 Å². The zero-order chi connectivity index (χ0) is 17.3. The molecule has 1 fully saturated rings. The summed E-state index contributed by atoms with van der Waals surface area (Å²) in [7, 11) is 0. The number of aromatic nitrogens is 3. The Morgan fingerprint density at radius 3 is 2.67 bits per heavy atom. The van der Waals surface area contributed by atoms with Crippen LogP contribution >= 0.6 is 0 Å². The highest BCUT2D eigenvalue weighted by Gasteiger charge is 2.32. The van der Waals surface area contributed by atoms with E-state index in [1.165, 1.54) is 5.56 Å². The molecule has 1 aliphatic heterocycles. The van der Waals surface area contributed by atoms with Crippen molar-refractivity contribution in [3.8, 4) is 0 Å². The number of alkyl halides is 1. The van der Waals surface area contributed by atoms with Gasteiger partial charge in [0, 0.05) is 49.0 Å². The van der Waals surface area contributed by atoms with E-state index in [1.807, 2.05) is 27.7 Å². The van der Waals surface area contributed by atoms with Gasteiger partial charge in [-0.2, -0.15) is 5.10 Å². The molecule has 24 heavy (non-hydrogen) atoms. The van der Waals surface area contributed by atoms with E-state index in [9.17, 15) is 4.39 Å². The summed E-state index contributed by atoms with van der Waals surface area (Å²) in [4.78, 5) is 2.19. The van der Waals surface area contributed by atoms with Gasteiger partial charge in [0.2, 0.25) is 0 Å². The van der Waals surface area contributed by atoms with Crippen LogP contribution in [0.4, 0.5) is 4.39 Å². The van der Waals surface area contributed by atoms with Crippen LogP contribution in [-0.4, -0.2) is 45.6 Å². The summed E-state index contributed by atoms with van der Waals surface area (Å²) in [6.07, 6.45) is -0.200. The molecule has 0 aliphatic carbocycles. The van der Waals surface area contributed by atoms with Crippen LogP contribution in [0.15, 0.2) is 4.52 Å². The molecule has 2 N–H and O–H groups in total. The Kier molecular flexibility index (Phi) is 5.01. The Labute approximate surface area is 141 Å². The third kappa shape index (κ3) is 3.52. The van der Waals surface area contributed by atoms with Gasteiger partial charge in [0.15, 0.2) is 0 Å². The van der Waals surface area contributed by atoms with Crippen molar-refractivity contribution in [1.29, 1.82) is 0 Å². The summed E-state index contributed by atoms with van der Waals surface area (Å²) in [6.45, 7) is 10.5. The minimum atomic E-state index is -0.769. The maximum Gasteiger partial charge on any atom is 0.138 e. The molecule has 3 rings (SSSR count). The maximum absolute atomic E-state index is 14.0. The lowest BCUT2D eigenvalue weighted by molar-refractivity contribution is 0.228. The summed E-state index contributed by atoms with van der Waals surface area (Å²) in [5.74, 6) is 0.825. The number of halogens is 1. The first-order chi connectivity index (χ1) is 11.5. The van der Waals surface area contributed by atoms with Crippen LogP contribution in [0.5, 0.6) is 0 Å². The van der Waals surface area contributed by atoms with Gasteiger partial charge in [-0.25, -0.2) is 4.39 Å². The van der Waals surface area contributed by atoms with Gasteiger partial charge in [-0.15, -0.1) is 0 Å². The zero-order valence-corrected chi connectivity index (χ0v) is 14.8. The van der Waals surface area contributed by atoms with Crippen molar-refractivity contribution in [2.45, 2.75) is 59.4 Å². The molecule has 3 heterocycles. The molecule has 132 valence electrons. The fraction of sp³-hybridized carbons (Fsp3) is 0.647. The number of nitrogens with zero attached hydrogens (tertiary/aromatic N) is 3. The summed E-state index contributed by atoms with van der Waals surface area (Å²) in [5, 5.41) is 14.7. The summed E-state index contributed by atoms with van der Waals surface area (Å²) >= 11 is 0. The topological polar surface area (TPSA) is 70.0 Å². The van der Waals surface area contributed by atoms with E-state index < -0.39 is 6.17 Å². The van der Waals surface area contributed by atoms with Gasteiger partial charge in [-0.3, -0.25) is 10.00 Å². The van der Waals surface area contributed by atoms with Crippen LogP contribution in [0.25, 0.3) is 0 Å². The average molecular weight is 335 g/mol. The highest BCUT2D eigenvalue weighted by atomic mass is 19.1. The Hall–Kier alpha value is -1.73. The molecule has 0 saturated carbocycles. The van der Waals surface area contributed by atoms with E-state index in [0.717, 1.165) is 41.5 Å². The van der Waals surface area contributed by atoms with Crippen molar-refractivity contribution >= 4 is 0 Å². The third-order valence-corrected chi connectivity index (χ3v) is 4.98. The largest absolute Gasteiger partial charge is 0.361 e. The lowest BCUT2D eigenvalue weighted by Gasteiger charge is -2.24. The maximum atomic E-state index is 14.0. The number of aryl methyl sites for hydroxylation is 4. The Morgan fingerprint density at radius 1 is 1.25 bits per heavy atom. The molecule has 2 aromatic rings. The standard InChI is InChI=1S/C17H26FN5O/c1-10-16(11(2)21-20-10)7-19-6-15-5-14(18)8-23(15)9-17-12(3)22-24-13(17)4/h14-15,19H,5-9H2,1-4H3,(H,20,21)/t14-,15-/m0/s1. The Bertz CT molecular complexity index is 656. The molecule has 0 bridgehead atoms. The summed E-state index contributed by atoms with van der Waals surface area (Å²) < 4.78 is 19.2. The van der Waals surface area contributed by atoms with E-state index >= 15 is 0 Å². The summed E-state index contributed by atoms with van der Waals surface area (Å²) in [5.41, 5.74) is 5.27. The van der Waals surface area contributed by atoms with Gasteiger partial charge < -0.3 is 9.84 Å². The van der Waals surface area contributed by atoms with E-state index in [-0.39, 0.29) is 6.04 Å². The van der Waals surface area contributed by atoms with Crippen LogP contribution in [0.1, 0.15) is 40.4 Å². The van der Waals surface area contributed by atoms with Crippen molar-refractivity contribution in [1.82, 2.24) is 25.6 Å². The van der Waals surface area contributed by atoms with E-state index in [2.05, 4.69) is 25.6 Å². The lowest BCUT2D eigenvalue weighted by Crippen LogP contribution is -2.37. The van der Waals surface area contributed by atoms with Crippen LogP contribution in [-0.2, 0) is 13.1 Å². The SMILES string of the molecule is Cc1n[nH]c(C)c1CNC[C@@H]1C[C@H](F)CN1Cc1c(C)noc1C. The molecule has 2 atom stereocenters. The van der Waals surface area contributed by atoms with Crippen LogP contribution in [0, 0.1) is 27.7 Å². The second kappa shape index (κ2) is 7.03. The second-order valence-corrected chi connectivity index (χ2v) is 6.76. The fourth-order valence-electron chi connectivity index (χ4n) is 3.46. The molecular weight excluding hydrogens is 309 g/mol. The van der Waals surface area contributed by atoms with Crippen molar-refractivity contribution in [3.63, 3.8) is 0 Å². The minimum absolute atomic E-state index is 0.182. The van der Waals surface area contributed by atoms with Gasteiger partial charge in [-0.05, 0) is 34.1 Å². The minimum Gasteiger partial charge on any atom is -0.361 e. The highest BCUT2D eigenvalue weighted by molar-refractivity contribution is 5.23. The number of nitrogens with one attached hydrogen (secondary N) is 2. The number of rotatable bonds is 6. The van der Waals surface area contributed by atoms with Crippen LogP contribution in [0.2, 0.25) is 0 Å².